The smallest absolute Gasteiger partial charge is 0.275 e. The number of nitrogens with zero attached hydrogens (tertiary/aromatic N) is 4. The van der Waals surface area contributed by atoms with Gasteiger partial charge in [-0.15, -0.1) is 0 Å². The second-order valence-corrected chi connectivity index (χ2v) is 7.11. The van der Waals surface area contributed by atoms with Crippen LogP contribution in [0.1, 0.15) is 17.4 Å². The summed E-state index contributed by atoms with van der Waals surface area (Å²) < 4.78 is 20.3. The summed E-state index contributed by atoms with van der Waals surface area (Å²) >= 11 is 0. The first-order valence-electron chi connectivity index (χ1n) is 9.91. The lowest BCUT2D eigenvalue weighted by Crippen LogP contribution is -2.49. The highest BCUT2D eigenvalue weighted by atomic mass is 19.1. The van der Waals surface area contributed by atoms with Crippen molar-refractivity contribution in [1.29, 1.82) is 0 Å². The fourth-order valence-corrected chi connectivity index (χ4v) is 3.78. The quantitative estimate of drug-likeness (QED) is 0.661. The fraction of sp³-hybridized carbons (Fsp3) is 0.318. The lowest BCUT2D eigenvalue weighted by molar-refractivity contribution is 0.0740. The van der Waals surface area contributed by atoms with Gasteiger partial charge in [-0.05, 0) is 25.1 Å². The highest BCUT2D eigenvalue weighted by Crippen LogP contribution is 2.25. The Morgan fingerprint density at radius 2 is 1.80 bits per heavy atom. The molecule has 1 saturated heterocycles. The largest absolute Gasteiger partial charge is 0.494 e. The first-order chi connectivity index (χ1) is 14.5. The molecule has 1 aliphatic rings. The van der Waals surface area contributed by atoms with Crippen molar-refractivity contribution in [1.82, 2.24) is 14.7 Å². The molecule has 0 unspecified atom stereocenters. The Morgan fingerprint density at radius 1 is 1.10 bits per heavy atom. The van der Waals surface area contributed by atoms with E-state index in [0.29, 0.717) is 43.5 Å². The molecule has 1 aromatic heterocycles. The second kappa shape index (κ2) is 8.14. The molecule has 1 fully saturated rings. The average molecular weight is 410 g/mol. The number of piperazine rings is 1. The monoisotopic (exact) mass is 410 g/mol. The van der Waals surface area contributed by atoms with Crippen molar-refractivity contribution in [3.8, 4) is 5.75 Å². The molecular weight excluding hydrogens is 387 g/mol. The summed E-state index contributed by atoms with van der Waals surface area (Å²) in [6, 6.07) is 11.9. The number of fused-ring (bicyclic) bond motifs is 1. The van der Waals surface area contributed by atoms with Gasteiger partial charge in [0.05, 0.1) is 12.5 Å². The van der Waals surface area contributed by atoms with Gasteiger partial charge in [0.25, 0.3) is 11.5 Å². The SMILES string of the molecule is CCn1nc(C(=O)N2CCN(c3ccc(OC)c(F)c3)CC2)c2ccccc2c1=O. The van der Waals surface area contributed by atoms with Crippen molar-refractivity contribution in [2.45, 2.75) is 13.5 Å². The Bertz CT molecular complexity index is 1150. The van der Waals surface area contributed by atoms with E-state index in [-0.39, 0.29) is 22.9 Å². The molecule has 156 valence electrons. The molecule has 8 heteroatoms. The topological polar surface area (TPSA) is 67.7 Å². The number of amides is 1. The van der Waals surface area contributed by atoms with E-state index in [9.17, 15) is 14.0 Å². The molecule has 0 bridgehead atoms. The third kappa shape index (κ3) is 3.49. The molecular formula is C22H23FN4O3. The number of methoxy groups -OCH3 is 1. The van der Waals surface area contributed by atoms with Crippen LogP contribution in [0, 0.1) is 5.82 Å². The Kier molecular flexibility index (Phi) is 5.39. The summed E-state index contributed by atoms with van der Waals surface area (Å²) in [6.07, 6.45) is 0. The van der Waals surface area contributed by atoms with Gasteiger partial charge in [0, 0.05) is 49.9 Å². The van der Waals surface area contributed by atoms with E-state index in [1.807, 2.05) is 17.9 Å². The number of halogens is 1. The minimum absolute atomic E-state index is 0.198. The molecule has 4 rings (SSSR count). The van der Waals surface area contributed by atoms with Crippen LogP contribution in [0.15, 0.2) is 47.3 Å². The minimum atomic E-state index is -0.411. The van der Waals surface area contributed by atoms with Crippen LogP contribution < -0.4 is 15.2 Å². The van der Waals surface area contributed by atoms with Crippen LogP contribution in [0.5, 0.6) is 5.75 Å². The van der Waals surface area contributed by atoms with Crippen molar-refractivity contribution < 1.29 is 13.9 Å². The zero-order chi connectivity index (χ0) is 21.3. The van der Waals surface area contributed by atoms with Crippen molar-refractivity contribution >= 4 is 22.4 Å². The first-order valence-corrected chi connectivity index (χ1v) is 9.91. The molecule has 1 amide bonds. The molecule has 30 heavy (non-hydrogen) atoms. The average Bonchev–Trinajstić information content (AvgIpc) is 2.79. The maximum Gasteiger partial charge on any atom is 0.275 e. The number of rotatable bonds is 4. The highest BCUT2D eigenvalue weighted by Gasteiger charge is 2.26. The number of benzene rings is 2. The minimum Gasteiger partial charge on any atom is -0.494 e. The van der Waals surface area contributed by atoms with E-state index in [1.165, 1.54) is 17.9 Å². The maximum atomic E-state index is 14.0. The van der Waals surface area contributed by atoms with Crippen LogP contribution in [0.2, 0.25) is 0 Å². The standard InChI is InChI=1S/C22H23FN4O3/c1-3-27-21(28)17-7-5-4-6-16(17)20(24-27)22(29)26-12-10-25(11-13-26)15-8-9-19(30-2)18(23)14-15/h4-9,14H,3,10-13H2,1-2H3. The molecule has 0 atom stereocenters. The number of hydrogen-bond acceptors (Lipinski definition) is 5. The number of aryl methyl sites for hydroxylation is 1. The van der Waals surface area contributed by atoms with Crippen molar-refractivity contribution in [3.63, 3.8) is 0 Å². The Morgan fingerprint density at radius 3 is 2.43 bits per heavy atom. The summed E-state index contributed by atoms with van der Waals surface area (Å²) in [5.41, 5.74) is 0.843. The molecule has 7 nitrogen and oxygen atoms in total. The Hall–Kier alpha value is -3.42. The summed E-state index contributed by atoms with van der Waals surface area (Å²) in [7, 11) is 1.43. The second-order valence-electron chi connectivity index (χ2n) is 7.11. The zero-order valence-corrected chi connectivity index (χ0v) is 17.0. The third-order valence-electron chi connectivity index (χ3n) is 5.44. The number of anilines is 1. The zero-order valence-electron chi connectivity index (χ0n) is 17.0. The van der Waals surface area contributed by atoms with Crippen molar-refractivity contribution in [2.75, 3.05) is 38.2 Å². The molecule has 0 N–H and O–H groups in total. The third-order valence-corrected chi connectivity index (χ3v) is 5.44. The van der Waals surface area contributed by atoms with Gasteiger partial charge in [0.2, 0.25) is 0 Å². The number of aromatic nitrogens is 2. The lowest BCUT2D eigenvalue weighted by Gasteiger charge is -2.36. The summed E-state index contributed by atoms with van der Waals surface area (Å²) in [6.45, 7) is 4.32. The van der Waals surface area contributed by atoms with Crippen LogP contribution in [0.3, 0.4) is 0 Å². The van der Waals surface area contributed by atoms with Gasteiger partial charge in [-0.2, -0.15) is 5.10 Å². The van der Waals surface area contributed by atoms with Gasteiger partial charge < -0.3 is 14.5 Å². The molecule has 2 heterocycles. The highest BCUT2D eigenvalue weighted by molar-refractivity contribution is 6.04. The van der Waals surface area contributed by atoms with Gasteiger partial charge in [0.1, 0.15) is 0 Å². The molecule has 1 aliphatic heterocycles. The van der Waals surface area contributed by atoms with Crippen LogP contribution in [-0.2, 0) is 6.54 Å². The van der Waals surface area contributed by atoms with Gasteiger partial charge in [0.15, 0.2) is 17.3 Å². The molecule has 0 saturated carbocycles. The molecule has 2 aromatic carbocycles. The normalized spacial score (nSPS) is 14.2. The van der Waals surface area contributed by atoms with Gasteiger partial charge in [-0.1, -0.05) is 18.2 Å². The predicted octanol–water partition coefficient (Wildman–Crippen LogP) is 2.53. The summed E-state index contributed by atoms with van der Waals surface area (Å²) in [4.78, 5) is 29.5. The molecule has 0 aliphatic carbocycles. The van der Waals surface area contributed by atoms with E-state index >= 15 is 0 Å². The van der Waals surface area contributed by atoms with Crippen molar-refractivity contribution in [2.24, 2.45) is 0 Å². The van der Waals surface area contributed by atoms with Gasteiger partial charge >= 0.3 is 0 Å². The Labute approximate surface area is 173 Å². The van der Waals surface area contributed by atoms with E-state index in [1.54, 1.807) is 35.2 Å². The maximum absolute atomic E-state index is 14.0. The van der Waals surface area contributed by atoms with E-state index in [2.05, 4.69) is 5.10 Å². The van der Waals surface area contributed by atoms with Crippen molar-refractivity contribution in [3.05, 3.63) is 64.3 Å². The van der Waals surface area contributed by atoms with Crippen LogP contribution >= 0.6 is 0 Å². The lowest BCUT2D eigenvalue weighted by atomic mass is 10.1. The first kappa shape index (κ1) is 19.9. The number of ether oxygens (including phenoxy) is 1. The number of carbonyl (C=O) groups excluding carboxylic acids is 1. The van der Waals surface area contributed by atoms with Crippen LogP contribution in [-0.4, -0.2) is 53.9 Å². The number of hydrogen-bond donors (Lipinski definition) is 0. The van der Waals surface area contributed by atoms with E-state index < -0.39 is 5.82 Å². The fourth-order valence-electron chi connectivity index (χ4n) is 3.78. The van der Waals surface area contributed by atoms with Crippen LogP contribution in [0.25, 0.3) is 10.8 Å². The van der Waals surface area contributed by atoms with E-state index in [4.69, 9.17) is 4.74 Å². The summed E-state index contributed by atoms with van der Waals surface area (Å²) in [5, 5.41) is 5.40. The van der Waals surface area contributed by atoms with E-state index in [0.717, 1.165) is 5.69 Å². The molecule has 0 spiro atoms. The predicted molar refractivity (Wildman–Crippen MR) is 113 cm³/mol. The summed E-state index contributed by atoms with van der Waals surface area (Å²) in [5.74, 6) is -0.406. The number of carbonyl (C=O) groups is 1. The van der Waals surface area contributed by atoms with Crippen LogP contribution in [0.4, 0.5) is 10.1 Å². The van der Waals surface area contributed by atoms with Gasteiger partial charge in [-0.3, -0.25) is 9.59 Å². The molecule has 3 aromatic rings. The molecule has 0 radical (unpaired) electrons. The van der Waals surface area contributed by atoms with Gasteiger partial charge in [-0.25, -0.2) is 9.07 Å². The Balaban J connectivity index is 1.56.